The van der Waals surface area contributed by atoms with Crippen LogP contribution in [0.25, 0.3) is 0 Å². The molecule has 1 heterocycles. The fourth-order valence-electron chi connectivity index (χ4n) is 6.96. The molecular formula is C42H67N7O10. The van der Waals surface area contributed by atoms with Crippen LogP contribution in [0.15, 0.2) is 30.3 Å². The summed E-state index contributed by atoms with van der Waals surface area (Å²) in [6.45, 7) is 10.5. The van der Waals surface area contributed by atoms with Crippen LogP contribution in [-0.4, -0.2) is 138 Å². The molecule has 3 unspecified atom stereocenters. The van der Waals surface area contributed by atoms with Crippen LogP contribution < -0.4 is 21.7 Å². The lowest BCUT2D eigenvalue weighted by atomic mass is 9.96. The number of rotatable bonds is 23. The molecule has 17 nitrogen and oxygen atoms in total. The zero-order valence-corrected chi connectivity index (χ0v) is 36.2. The van der Waals surface area contributed by atoms with Gasteiger partial charge in [-0.05, 0) is 49.0 Å². The molecule has 59 heavy (non-hydrogen) atoms. The van der Waals surface area contributed by atoms with Gasteiger partial charge < -0.3 is 46.2 Å². The van der Waals surface area contributed by atoms with E-state index in [0.29, 0.717) is 32.2 Å². The SMILES string of the molecule is CCC(C)[C@H](O)C(=O)N[C@@H](CC(C)C)C(=O)N(C)[C@H](CCC(N)=O)C(=O)N[C@H](C(=O)NCC(=O)N(C)[C@H](Cc1ccccc1)C(=O)N1CCCC1C(=O)OC)C(C)CC. The van der Waals surface area contributed by atoms with Crippen LogP contribution in [0.3, 0.4) is 0 Å². The van der Waals surface area contributed by atoms with Gasteiger partial charge in [0.1, 0.15) is 36.3 Å². The molecule has 0 saturated carbocycles. The van der Waals surface area contributed by atoms with Crippen molar-refractivity contribution in [1.29, 1.82) is 0 Å². The molecule has 0 aliphatic carbocycles. The zero-order chi connectivity index (χ0) is 44.6. The third kappa shape index (κ3) is 14.6. The highest BCUT2D eigenvalue weighted by molar-refractivity contribution is 5.96. The molecule has 330 valence electrons. The van der Waals surface area contributed by atoms with Crippen molar-refractivity contribution in [3.8, 4) is 0 Å². The lowest BCUT2D eigenvalue weighted by molar-refractivity contribution is -0.154. The lowest BCUT2D eigenvalue weighted by Gasteiger charge is -2.34. The number of aliphatic hydroxyl groups excluding tert-OH is 1. The van der Waals surface area contributed by atoms with Crippen LogP contribution in [-0.2, 0) is 49.5 Å². The Morgan fingerprint density at radius 1 is 0.881 bits per heavy atom. The molecule has 7 amide bonds. The number of esters is 1. The third-order valence-electron chi connectivity index (χ3n) is 11.2. The number of nitrogens with zero attached hydrogens (tertiary/aromatic N) is 3. The van der Waals surface area contributed by atoms with Crippen LogP contribution in [0.1, 0.15) is 92.1 Å². The summed E-state index contributed by atoms with van der Waals surface area (Å²) in [6.07, 6.45) is 0.479. The number of primary amides is 1. The van der Waals surface area contributed by atoms with Crippen LogP contribution in [0.2, 0.25) is 0 Å². The topological polar surface area (TPSA) is 238 Å². The smallest absolute Gasteiger partial charge is 0.328 e. The van der Waals surface area contributed by atoms with Gasteiger partial charge in [-0.3, -0.25) is 33.6 Å². The predicted octanol–water partition coefficient (Wildman–Crippen LogP) is 0.898. The minimum Gasteiger partial charge on any atom is -0.467 e. The minimum absolute atomic E-state index is 0.0692. The quantitative estimate of drug-likeness (QED) is 0.0978. The van der Waals surface area contributed by atoms with Gasteiger partial charge in [-0.1, -0.05) is 84.7 Å². The van der Waals surface area contributed by atoms with Crippen LogP contribution in [0.5, 0.6) is 0 Å². The lowest BCUT2D eigenvalue weighted by Crippen LogP contribution is -2.59. The number of likely N-dealkylation sites (N-methyl/N-ethyl adjacent to an activating group) is 2. The van der Waals surface area contributed by atoms with E-state index in [1.54, 1.807) is 13.8 Å². The molecule has 1 saturated heterocycles. The van der Waals surface area contributed by atoms with E-state index in [2.05, 4.69) is 16.0 Å². The largest absolute Gasteiger partial charge is 0.467 e. The highest BCUT2D eigenvalue weighted by Gasteiger charge is 2.41. The molecule has 0 radical (unpaired) electrons. The first-order valence-corrected chi connectivity index (χ1v) is 20.6. The van der Waals surface area contributed by atoms with E-state index < -0.39 is 96.1 Å². The molecule has 6 N–H and O–H groups in total. The summed E-state index contributed by atoms with van der Waals surface area (Å²) >= 11 is 0. The van der Waals surface area contributed by atoms with Gasteiger partial charge in [0.25, 0.3) is 0 Å². The van der Waals surface area contributed by atoms with Crippen molar-refractivity contribution in [2.75, 3.05) is 34.3 Å². The number of likely N-dealkylation sites (tertiary alicyclic amines) is 1. The van der Waals surface area contributed by atoms with E-state index in [-0.39, 0.29) is 37.5 Å². The standard InChI is InChI=1S/C42H67N7O10/c1-10-26(5)35(46-37(53)30(19-20-33(43)50)48(8)40(56)29(22-25(3)4)45-39(55)36(52)27(6)11-2)38(54)44-24-34(51)47(7)32(23-28-16-13-12-14-17-28)41(57)49-21-15-18-31(49)42(58)59-9/h12-14,16-17,25-27,29-32,35-36,52H,10-11,15,18-24H2,1-9H3,(H2,43,50)(H,44,54)(H,45,55)(H,46,53)/t26?,27?,29-,30+,31?,32+,35-,36-/m0/s1. The number of methoxy groups -OCH3 is 1. The summed E-state index contributed by atoms with van der Waals surface area (Å²) in [7, 11) is 4.06. The first-order valence-electron chi connectivity index (χ1n) is 20.6. The van der Waals surface area contributed by atoms with Crippen molar-refractivity contribution in [3.63, 3.8) is 0 Å². The Labute approximate surface area is 348 Å². The van der Waals surface area contributed by atoms with E-state index in [0.717, 1.165) is 10.5 Å². The second-order valence-electron chi connectivity index (χ2n) is 16.0. The van der Waals surface area contributed by atoms with Gasteiger partial charge in [0, 0.05) is 33.5 Å². The number of nitrogens with two attached hydrogens (primary N) is 1. The number of amides is 7. The second-order valence-corrected chi connectivity index (χ2v) is 16.0. The highest BCUT2D eigenvalue weighted by Crippen LogP contribution is 2.23. The van der Waals surface area contributed by atoms with Crippen molar-refractivity contribution >= 4 is 47.3 Å². The summed E-state index contributed by atoms with van der Waals surface area (Å²) in [6, 6.07) is 3.70. The van der Waals surface area contributed by atoms with Gasteiger partial charge >= 0.3 is 5.97 Å². The summed E-state index contributed by atoms with van der Waals surface area (Å²) in [5.41, 5.74) is 6.21. The maximum Gasteiger partial charge on any atom is 0.328 e. The maximum absolute atomic E-state index is 14.0. The van der Waals surface area contributed by atoms with E-state index in [1.165, 1.54) is 31.0 Å². The zero-order valence-electron chi connectivity index (χ0n) is 36.2. The molecule has 1 aliphatic rings. The second kappa shape index (κ2) is 24.1. The minimum atomic E-state index is -1.36. The van der Waals surface area contributed by atoms with Gasteiger partial charge in [-0.25, -0.2) is 4.79 Å². The molecule has 1 aromatic carbocycles. The Hall–Kier alpha value is -5.06. The fourth-order valence-corrected chi connectivity index (χ4v) is 6.96. The molecule has 1 aromatic rings. The van der Waals surface area contributed by atoms with Gasteiger partial charge in [-0.2, -0.15) is 0 Å². The number of carbonyl (C=O) groups is 8. The number of aliphatic hydroxyl groups is 1. The van der Waals surface area contributed by atoms with E-state index in [1.807, 2.05) is 58.0 Å². The first kappa shape index (κ1) is 50.1. The number of hydrogen-bond donors (Lipinski definition) is 5. The highest BCUT2D eigenvalue weighted by atomic mass is 16.5. The Kier molecular flexibility index (Phi) is 20.5. The van der Waals surface area contributed by atoms with Crippen molar-refractivity contribution in [3.05, 3.63) is 35.9 Å². The summed E-state index contributed by atoms with van der Waals surface area (Å²) in [5.74, 6) is -6.03. The van der Waals surface area contributed by atoms with Gasteiger partial charge in [0.2, 0.25) is 41.4 Å². The van der Waals surface area contributed by atoms with Crippen LogP contribution in [0.4, 0.5) is 0 Å². The maximum atomic E-state index is 14.0. The average molecular weight is 830 g/mol. The molecule has 8 atom stereocenters. The molecule has 1 fully saturated rings. The number of ether oxygens (including phenoxy) is 1. The molecule has 2 rings (SSSR count). The van der Waals surface area contributed by atoms with E-state index in [9.17, 15) is 43.5 Å². The van der Waals surface area contributed by atoms with Gasteiger partial charge in [0.05, 0.1) is 13.7 Å². The van der Waals surface area contributed by atoms with Crippen LogP contribution >= 0.6 is 0 Å². The summed E-state index contributed by atoms with van der Waals surface area (Å²) in [5, 5.41) is 18.5. The van der Waals surface area contributed by atoms with Crippen molar-refractivity contribution in [2.45, 2.75) is 129 Å². The molecular weight excluding hydrogens is 763 g/mol. The normalized spacial score (nSPS) is 17.3. The van der Waals surface area contributed by atoms with Crippen molar-refractivity contribution in [2.24, 2.45) is 23.5 Å². The predicted molar refractivity (Wildman–Crippen MR) is 220 cm³/mol. The third-order valence-corrected chi connectivity index (χ3v) is 11.2. The number of nitrogens with one attached hydrogen (secondary N) is 3. The summed E-state index contributed by atoms with van der Waals surface area (Å²) < 4.78 is 4.93. The van der Waals surface area contributed by atoms with Gasteiger partial charge in [-0.15, -0.1) is 0 Å². The number of benzene rings is 1. The Bertz CT molecular complexity index is 1610. The summed E-state index contributed by atoms with van der Waals surface area (Å²) in [4.78, 5) is 111. The van der Waals surface area contributed by atoms with Crippen LogP contribution in [0, 0.1) is 17.8 Å². The molecule has 1 aliphatic heterocycles. The first-order chi connectivity index (χ1) is 27.8. The van der Waals surface area contributed by atoms with E-state index in [4.69, 9.17) is 10.5 Å². The fraction of sp³-hybridized carbons (Fsp3) is 0.667. The molecule has 17 heteroatoms. The Balaban J connectivity index is 2.32. The number of carbonyl (C=O) groups excluding carboxylic acids is 8. The van der Waals surface area contributed by atoms with Crippen molar-refractivity contribution < 1.29 is 48.2 Å². The Morgan fingerprint density at radius 2 is 1.51 bits per heavy atom. The molecule has 0 spiro atoms. The Morgan fingerprint density at radius 3 is 2.07 bits per heavy atom. The van der Waals surface area contributed by atoms with Crippen molar-refractivity contribution in [1.82, 2.24) is 30.7 Å². The average Bonchev–Trinajstić information content (AvgIpc) is 3.71. The molecule has 0 aromatic heterocycles. The van der Waals surface area contributed by atoms with Gasteiger partial charge in [0.15, 0.2) is 0 Å². The monoisotopic (exact) mass is 829 g/mol. The number of hydrogen-bond acceptors (Lipinski definition) is 10. The molecule has 0 bridgehead atoms. The van der Waals surface area contributed by atoms with E-state index >= 15 is 0 Å².